The third-order valence-electron chi connectivity index (χ3n) is 4.48. The summed E-state index contributed by atoms with van der Waals surface area (Å²) in [7, 11) is 4.95. The number of nitrogens with zero attached hydrogens (tertiary/aromatic N) is 1. The van der Waals surface area contributed by atoms with E-state index < -0.39 is 0 Å². The first-order valence-electron chi connectivity index (χ1n) is 9.59. The molecule has 7 heteroatoms. The van der Waals surface area contributed by atoms with E-state index in [1.54, 1.807) is 33.3 Å². The number of benzene rings is 2. The molecule has 0 spiro atoms. The van der Waals surface area contributed by atoms with Gasteiger partial charge in [0.05, 0.1) is 13.2 Å². The van der Waals surface area contributed by atoms with Crippen LogP contribution in [0.2, 0.25) is 0 Å². The van der Waals surface area contributed by atoms with E-state index in [1.807, 2.05) is 43.3 Å². The molecule has 0 saturated carbocycles. The van der Waals surface area contributed by atoms with Crippen molar-refractivity contribution < 1.29 is 19.1 Å². The highest BCUT2D eigenvalue weighted by atomic mass is 79.9. The summed E-state index contributed by atoms with van der Waals surface area (Å²) in [6.07, 6.45) is 3.86. The molecule has 0 aliphatic carbocycles. The monoisotopic (exact) mass is 474 g/mol. The van der Waals surface area contributed by atoms with Crippen LogP contribution < -0.4 is 14.8 Å². The van der Waals surface area contributed by atoms with Crippen molar-refractivity contribution >= 4 is 33.8 Å². The molecular weight excluding hydrogens is 448 g/mol. The second-order valence-corrected chi connectivity index (χ2v) is 7.72. The van der Waals surface area contributed by atoms with Crippen molar-refractivity contribution in [3.05, 3.63) is 64.1 Å². The topological polar surface area (TPSA) is 67.9 Å². The van der Waals surface area contributed by atoms with Crippen LogP contribution in [0.3, 0.4) is 0 Å². The highest BCUT2D eigenvalue weighted by Crippen LogP contribution is 2.28. The van der Waals surface area contributed by atoms with E-state index in [2.05, 4.69) is 21.2 Å². The van der Waals surface area contributed by atoms with Gasteiger partial charge in [0.15, 0.2) is 6.61 Å². The summed E-state index contributed by atoms with van der Waals surface area (Å²) in [5.74, 6) is 0.895. The fourth-order valence-corrected chi connectivity index (χ4v) is 3.17. The van der Waals surface area contributed by atoms with Crippen LogP contribution in [0.15, 0.2) is 53.0 Å². The first-order chi connectivity index (χ1) is 14.3. The lowest BCUT2D eigenvalue weighted by Gasteiger charge is -2.20. The zero-order valence-electron chi connectivity index (χ0n) is 17.6. The van der Waals surface area contributed by atoms with Crippen LogP contribution in [0.1, 0.15) is 30.5 Å². The second-order valence-electron chi connectivity index (χ2n) is 6.80. The lowest BCUT2D eigenvalue weighted by molar-refractivity contribution is -0.130. The highest BCUT2D eigenvalue weighted by Gasteiger charge is 2.17. The molecule has 30 heavy (non-hydrogen) atoms. The fraction of sp³-hybridized carbons (Fsp3) is 0.304. The fourth-order valence-electron chi connectivity index (χ4n) is 2.79. The number of hydrogen-bond donors (Lipinski definition) is 1. The molecule has 160 valence electrons. The molecule has 0 aliphatic heterocycles. The quantitative estimate of drug-likeness (QED) is 0.552. The molecule has 6 nitrogen and oxygen atoms in total. The Bertz CT molecular complexity index is 912. The smallest absolute Gasteiger partial charge is 0.259 e. The molecule has 0 fully saturated rings. The van der Waals surface area contributed by atoms with Gasteiger partial charge in [-0.3, -0.25) is 9.59 Å². The summed E-state index contributed by atoms with van der Waals surface area (Å²) in [6.45, 7) is 1.92. The van der Waals surface area contributed by atoms with Gasteiger partial charge in [0.2, 0.25) is 5.91 Å². The molecule has 2 rings (SSSR count). The van der Waals surface area contributed by atoms with Crippen molar-refractivity contribution in [3.8, 4) is 11.5 Å². The number of methoxy groups -OCH3 is 1. The van der Waals surface area contributed by atoms with E-state index >= 15 is 0 Å². The number of halogens is 1. The van der Waals surface area contributed by atoms with Crippen LogP contribution in [0.25, 0.3) is 6.08 Å². The SMILES string of the molecule is CCC(NC(=O)C=Cc1cc(Br)ccc1OC)c1ccccc1OCC(=O)N(C)C. The molecule has 1 N–H and O–H groups in total. The van der Waals surface area contributed by atoms with E-state index in [4.69, 9.17) is 9.47 Å². The number of ether oxygens (including phenoxy) is 2. The van der Waals surface area contributed by atoms with Gasteiger partial charge in [-0.2, -0.15) is 0 Å². The predicted molar refractivity (Wildman–Crippen MR) is 122 cm³/mol. The van der Waals surface area contributed by atoms with Gasteiger partial charge < -0.3 is 19.7 Å². The highest BCUT2D eigenvalue weighted by molar-refractivity contribution is 9.10. The number of hydrogen-bond acceptors (Lipinski definition) is 4. The summed E-state index contributed by atoms with van der Waals surface area (Å²) in [5, 5.41) is 3.00. The Kier molecular flexibility index (Phi) is 8.92. The number of para-hydroxylation sites is 1. The zero-order valence-corrected chi connectivity index (χ0v) is 19.2. The maximum absolute atomic E-state index is 12.6. The van der Waals surface area contributed by atoms with E-state index in [1.165, 1.54) is 11.0 Å². The number of rotatable bonds is 9. The largest absolute Gasteiger partial charge is 0.496 e. The van der Waals surface area contributed by atoms with Gasteiger partial charge in [-0.25, -0.2) is 0 Å². The predicted octanol–water partition coefficient (Wildman–Crippen LogP) is 4.21. The first kappa shape index (κ1) is 23.5. The van der Waals surface area contributed by atoms with Gasteiger partial charge in [0, 0.05) is 35.8 Å². The Morgan fingerprint density at radius 1 is 1.17 bits per heavy atom. The van der Waals surface area contributed by atoms with E-state index in [0.29, 0.717) is 17.9 Å². The number of nitrogens with one attached hydrogen (secondary N) is 1. The Morgan fingerprint density at radius 3 is 2.57 bits per heavy atom. The van der Waals surface area contributed by atoms with E-state index in [9.17, 15) is 9.59 Å². The van der Waals surface area contributed by atoms with Gasteiger partial charge in [0.25, 0.3) is 5.91 Å². The van der Waals surface area contributed by atoms with E-state index in [-0.39, 0.29) is 24.5 Å². The minimum absolute atomic E-state index is 0.0586. The molecule has 2 aromatic rings. The summed E-state index contributed by atoms with van der Waals surface area (Å²) >= 11 is 3.43. The molecule has 0 radical (unpaired) electrons. The molecule has 0 aromatic heterocycles. The average molecular weight is 475 g/mol. The van der Waals surface area contributed by atoms with Crippen molar-refractivity contribution in [2.75, 3.05) is 27.8 Å². The Labute approximate surface area is 186 Å². The van der Waals surface area contributed by atoms with Crippen molar-refractivity contribution in [1.82, 2.24) is 10.2 Å². The molecule has 0 saturated heterocycles. The standard InChI is InChI=1S/C23H27BrN2O4/c1-5-19(18-8-6-7-9-21(18)30-15-23(28)26(2)3)25-22(27)13-10-16-14-17(24)11-12-20(16)29-4/h6-14,19H,5,15H2,1-4H3,(H,25,27). The van der Waals surface area contributed by atoms with Crippen LogP contribution >= 0.6 is 15.9 Å². The maximum Gasteiger partial charge on any atom is 0.259 e. The molecule has 2 aromatic carbocycles. The molecule has 1 atom stereocenters. The van der Waals surface area contributed by atoms with Gasteiger partial charge in [-0.15, -0.1) is 0 Å². The maximum atomic E-state index is 12.6. The van der Waals surface area contributed by atoms with Gasteiger partial charge in [-0.05, 0) is 36.8 Å². The van der Waals surface area contributed by atoms with Crippen molar-refractivity contribution in [1.29, 1.82) is 0 Å². The normalized spacial score (nSPS) is 11.8. The Morgan fingerprint density at radius 2 is 1.90 bits per heavy atom. The van der Waals surface area contributed by atoms with Gasteiger partial charge >= 0.3 is 0 Å². The number of amides is 2. The molecule has 0 heterocycles. The van der Waals surface area contributed by atoms with Crippen LogP contribution in [0, 0.1) is 0 Å². The molecule has 0 aliphatic rings. The van der Waals surface area contributed by atoms with E-state index in [0.717, 1.165) is 15.6 Å². The summed E-state index contributed by atoms with van der Waals surface area (Å²) in [5.41, 5.74) is 1.62. The van der Waals surface area contributed by atoms with Crippen molar-refractivity contribution in [2.45, 2.75) is 19.4 Å². The number of carbonyl (C=O) groups excluding carboxylic acids is 2. The zero-order chi connectivity index (χ0) is 22.1. The third kappa shape index (κ3) is 6.62. The van der Waals surface area contributed by atoms with Gasteiger partial charge in [-0.1, -0.05) is 41.1 Å². The third-order valence-corrected chi connectivity index (χ3v) is 4.97. The van der Waals surface area contributed by atoms with Crippen LogP contribution in [0.5, 0.6) is 11.5 Å². The molecule has 0 bridgehead atoms. The van der Waals surface area contributed by atoms with Crippen molar-refractivity contribution in [2.24, 2.45) is 0 Å². The molecule has 2 amide bonds. The van der Waals surface area contributed by atoms with Crippen LogP contribution in [0.4, 0.5) is 0 Å². The first-order valence-corrected chi connectivity index (χ1v) is 10.4. The lowest BCUT2D eigenvalue weighted by Crippen LogP contribution is -2.29. The Hall–Kier alpha value is -2.80. The Balaban J connectivity index is 2.13. The molecular formula is C23H27BrN2O4. The van der Waals surface area contributed by atoms with Crippen molar-refractivity contribution in [3.63, 3.8) is 0 Å². The van der Waals surface area contributed by atoms with Crippen LogP contribution in [-0.4, -0.2) is 44.5 Å². The summed E-state index contributed by atoms with van der Waals surface area (Å²) < 4.78 is 11.9. The van der Waals surface area contributed by atoms with Crippen LogP contribution in [-0.2, 0) is 9.59 Å². The number of carbonyl (C=O) groups is 2. The summed E-state index contributed by atoms with van der Waals surface area (Å²) in [6, 6.07) is 12.8. The average Bonchev–Trinajstić information content (AvgIpc) is 2.74. The summed E-state index contributed by atoms with van der Waals surface area (Å²) in [4.78, 5) is 25.9. The lowest BCUT2D eigenvalue weighted by atomic mass is 10.0. The van der Waals surface area contributed by atoms with Gasteiger partial charge in [0.1, 0.15) is 11.5 Å². The minimum Gasteiger partial charge on any atom is -0.496 e. The second kappa shape index (κ2) is 11.4. The minimum atomic E-state index is -0.253. The molecule has 1 unspecified atom stereocenters. The number of likely N-dealkylation sites (N-methyl/N-ethyl adjacent to an activating group) is 1.